The molecule has 2 heterocycles. The quantitative estimate of drug-likeness (QED) is 0.426. The zero-order valence-corrected chi connectivity index (χ0v) is 17.3. The molecule has 0 bridgehead atoms. The van der Waals surface area contributed by atoms with Crippen molar-refractivity contribution in [3.8, 4) is 0 Å². The van der Waals surface area contributed by atoms with Crippen molar-refractivity contribution in [2.75, 3.05) is 7.05 Å². The molecule has 2 aromatic heterocycles. The summed E-state index contributed by atoms with van der Waals surface area (Å²) in [6.45, 7) is 9.47. The number of hydrogen-bond acceptors (Lipinski definition) is 5. The molecule has 0 saturated carbocycles. The van der Waals surface area contributed by atoms with E-state index in [1.54, 1.807) is 18.4 Å². The van der Waals surface area contributed by atoms with Crippen molar-refractivity contribution in [2.45, 2.75) is 46.2 Å². The highest BCUT2D eigenvalue weighted by Crippen LogP contribution is 2.19. The Labute approximate surface area is 158 Å². The van der Waals surface area contributed by atoms with E-state index in [-0.39, 0.29) is 29.4 Å². The van der Waals surface area contributed by atoms with E-state index in [1.165, 1.54) is 10.4 Å². The van der Waals surface area contributed by atoms with Gasteiger partial charge in [-0.05, 0) is 23.9 Å². The summed E-state index contributed by atoms with van der Waals surface area (Å²) < 4.78 is 5.27. The molecule has 0 aliphatic heterocycles. The number of aliphatic imine (C=N–C) groups is 1. The molecule has 2 aromatic rings. The summed E-state index contributed by atoms with van der Waals surface area (Å²) in [7, 11) is 1.74. The van der Waals surface area contributed by atoms with Gasteiger partial charge in [-0.1, -0.05) is 25.9 Å². The van der Waals surface area contributed by atoms with Gasteiger partial charge in [-0.3, -0.25) is 4.99 Å². The van der Waals surface area contributed by atoms with Gasteiger partial charge in [0.05, 0.1) is 13.1 Å². The highest BCUT2D eigenvalue weighted by Gasteiger charge is 2.21. The average molecular weight is 449 g/mol. The summed E-state index contributed by atoms with van der Waals surface area (Å²) >= 11 is 1.74. The van der Waals surface area contributed by atoms with Crippen molar-refractivity contribution in [1.29, 1.82) is 0 Å². The normalized spacial score (nSPS) is 12.0. The van der Waals surface area contributed by atoms with Gasteiger partial charge < -0.3 is 15.2 Å². The van der Waals surface area contributed by atoms with Gasteiger partial charge in [0.15, 0.2) is 11.8 Å². The second-order valence-electron chi connectivity index (χ2n) is 6.07. The number of halogens is 1. The Kier molecular flexibility index (Phi) is 7.46. The van der Waals surface area contributed by atoms with Crippen molar-refractivity contribution < 1.29 is 4.52 Å². The molecule has 0 fully saturated rings. The summed E-state index contributed by atoms with van der Waals surface area (Å²) in [6.07, 6.45) is 0. The van der Waals surface area contributed by atoms with Crippen LogP contribution in [0.15, 0.2) is 21.0 Å². The highest BCUT2D eigenvalue weighted by atomic mass is 127. The van der Waals surface area contributed by atoms with Crippen LogP contribution in [0.25, 0.3) is 0 Å². The number of guanidine groups is 1. The molecule has 2 N–H and O–H groups in total. The first-order chi connectivity index (χ1) is 10.4. The maximum absolute atomic E-state index is 5.27. The average Bonchev–Trinajstić information content (AvgIpc) is 3.08. The molecule has 0 radical (unpaired) electrons. The second kappa shape index (κ2) is 8.62. The van der Waals surface area contributed by atoms with Gasteiger partial charge in [-0.25, -0.2) is 0 Å². The number of thiophene rings is 1. The van der Waals surface area contributed by atoms with E-state index in [2.05, 4.69) is 44.1 Å². The Morgan fingerprint density at radius 1 is 1.30 bits per heavy atom. The minimum atomic E-state index is -0.137. The summed E-state index contributed by atoms with van der Waals surface area (Å²) in [5.74, 6) is 1.98. The summed E-state index contributed by atoms with van der Waals surface area (Å²) in [5, 5.41) is 12.6. The van der Waals surface area contributed by atoms with E-state index in [9.17, 15) is 0 Å². The fourth-order valence-electron chi connectivity index (χ4n) is 1.76. The standard InChI is InChI=1S/C15H23N5OS.HI/c1-10-6-7-22-11(10)8-17-14(16-5)18-9-12-19-13(21-20-12)15(2,3)4;/h6-7H,8-9H2,1-5H3,(H2,16,17,18);1H. The first-order valence-electron chi connectivity index (χ1n) is 7.20. The first-order valence-corrected chi connectivity index (χ1v) is 8.08. The number of nitrogens with one attached hydrogen (secondary N) is 2. The van der Waals surface area contributed by atoms with E-state index < -0.39 is 0 Å². The molecule has 23 heavy (non-hydrogen) atoms. The Morgan fingerprint density at radius 3 is 2.52 bits per heavy atom. The molecule has 0 aromatic carbocycles. The fraction of sp³-hybridized carbons (Fsp3) is 0.533. The summed E-state index contributed by atoms with van der Waals surface area (Å²) in [4.78, 5) is 9.89. The van der Waals surface area contributed by atoms with Crippen LogP contribution in [0.4, 0.5) is 0 Å². The topological polar surface area (TPSA) is 75.3 Å². The fourth-order valence-corrected chi connectivity index (χ4v) is 2.61. The molecule has 6 nitrogen and oxygen atoms in total. The van der Waals surface area contributed by atoms with Crippen molar-refractivity contribution in [3.63, 3.8) is 0 Å². The van der Waals surface area contributed by atoms with Crippen molar-refractivity contribution in [3.05, 3.63) is 33.6 Å². The number of aryl methyl sites for hydroxylation is 1. The summed E-state index contributed by atoms with van der Waals surface area (Å²) in [5.41, 5.74) is 1.16. The molecule has 0 saturated heterocycles. The first kappa shape index (κ1) is 19.9. The minimum absolute atomic E-state index is 0. The van der Waals surface area contributed by atoms with Crippen LogP contribution in [-0.4, -0.2) is 23.1 Å². The number of hydrogen-bond donors (Lipinski definition) is 2. The molecule has 2 rings (SSSR count). The predicted octanol–water partition coefficient (Wildman–Crippen LogP) is 3.22. The van der Waals surface area contributed by atoms with Gasteiger partial charge in [-0.15, -0.1) is 35.3 Å². The third-order valence-electron chi connectivity index (χ3n) is 3.13. The van der Waals surface area contributed by atoms with Crippen LogP contribution < -0.4 is 10.6 Å². The molecule has 0 unspecified atom stereocenters. The molecule has 0 aliphatic rings. The number of nitrogens with zero attached hydrogens (tertiary/aromatic N) is 3. The number of rotatable bonds is 4. The largest absolute Gasteiger partial charge is 0.352 e. The van der Waals surface area contributed by atoms with Crippen LogP contribution in [0.1, 0.15) is 42.9 Å². The van der Waals surface area contributed by atoms with E-state index in [1.807, 2.05) is 20.8 Å². The van der Waals surface area contributed by atoms with Crippen LogP contribution in [0.2, 0.25) is 0 Å². The molecule has 0 spiro atoms. The van der Waals surface area contributed by atoms with Gasteiger partial charge >= 0.3 is 0 Å². The molecule has 128 valence electrons. The second-order valence-corrected chi connectivity index (χ2v) is 7.07. The van der Waals surface area contributed by atoms with Gasteiger partial charge in [0.25, 0.3) is 0 Å². The van der Waals surface area contributed by atoms with E-state index in [4.69, 9.17) is 4.52 Å². The Balaban J connectivity index is 0.00000264. The lowest BCUT2D eigenvalue weighted by Crippen LogP contribution is -2.36. The maximum atomic E-state index is 5.27. The lowest BCUT2D eigenvalue weighted by molar-refractivity contribution is 0.318. The summed E-state index contributed by atoms with van der Waals surface area (Å²) in [6, 6.07) is 2.12. The highest BCUT2D eigenvalue weighted by molar-refractivity contribution is 14.0. The van der Waals surface area contributed by atoms with Crippen molar-refractivity contribution in [2.24, 2.45) is 4.99 Å². The molecule has 0 atom stereocenters. The Hall–Kier alpha value is -1.16. The Morgan fingerprint density at radius 2 is 2.00 bits per heavy atom. The maximum Gasteiger partial charge on any atom is 0.232 e. The molecule has 8 heteroatoms. The zero-order valence-electron chi connectivity index (χ0n) is 14.1. The minimum Gasteiger partial charge on any atom is -0.352 e. The van der Waals surface area contributed by atoms with Crippen LogP contribution >= 0.6 is 35.3 Å². The van der Waals surface area contributed by atoms with E-state index in [0.717, 1.165) is 12.5 Å². The lowest BCUT2D eigenvalue weighted by atomic mass is 9.97. The van der Waals surface area contributed by atoms with Crippen LogP contribution in [0, 0.1) is 6.92 Å². The molecular weight excluding hydrogens is 425 g/mol. The predicted molar refractivity (Wildman–Crippen MR) is 105 cm³/mol. The van der Waals surface area contributed by atoms with Gasteiger partial charge in [0, 0.05) is 17.3 Å². The Bertz CT molecular complexity index is 644. The third-order valence-corrected chi connectivity index (χ3v) is 4.15. The lowest BCUT2D eigenvalue weighted by Gasteiger charge is -2.11. The number of aromatic nitrogens is 2. The van der Waals surface area contributed by atoms with Gasteiger partial charge in [-0.2, -0.15) is 4.98 Å². The van der Waals surface area contributed by atoms with Crippen LogP contribution in [0.5, 0.6) is 0 Å². The van der Waals surface area contributed by atoms with Gasteiger partial charge in [0.2, 0.25) is 5.89 Å². The zero-order chi connectivity index (χ0) is 16.2. The van der Waals surface area contributed by atoms with Crippen LogP contribution in [0.3, 0.4) is 0 Å². The van der Waals surface area contributed by atoms with Crippen molar-refractivity contribution in [1.82, 2.24) is 20.8 Å². The monoisotopic (exact) mass is 449 g/mol. The molecule has 0 aliphatic carbocycles. The van der Waals surface area contributed by atoms with Crippen LogP contribution in [-0.2, 0) is 18.5 Å². The van der Waals surface area contributed by atoms with Crippen molar-refractivity contribution >= 4 is 41.3 Å². The molecule has 0 amide bonds. The van der Waals surface area contributed by atoms with E-state index >= 15 is 0 Å². The SMILES string of the molecule is CN=C(NCc1noc(C(C)(C)C)n1)NCc1sccc1C.I. The van der Waals surface area contributed by atoms with E-state index in [0.29, 0.717) is 18.3 Å². The third kappa shape index (κ3) is 5.76. The smallest absolute Gasteiger partial charge is 0.232 e. The van der Waals surface area contributed by atoms with Gasteiger partial charge in [0.1, 0.15) is 0 Å². The molecular formula is C15H24IN5OS.